The lowest BCUT2D eigenvalue weighted by Gasteiger charge is -2.21. The molecule has 0 aliphatic carbocycles. The highest BCUT2D eigenvalue weighted by Gasteiger charge is 2.34. The maximum atomic E-state index is 12.7. The van der Waals surface area contributed by atoms with Crippen molar-refractivity contribution >= 4 is 51.6 Å². The van der Waals surface area contributed by atoms with Crippen LogP contribution in [0.25, 0.3) is 10.9 Å². The van der Waals surface area contributed by atoms with Crippen LogP contribution in [0.3, 0.4) is 0 Å². The van der Waals surface area contributed by atoms with Crippen molar-refractivity contribution in [3.63, 3.8) is 0 Å². The van der Waals surface area contributed by atoms with Crippen molar-refractivity contribution in [1.29, 1.82) is 0 Å². The standard InChI is InChI=1S/C30H27Cl2N3O4/c1-17(7-6-14-35-29(36)20-8-4-5-9-21(20)30(35)37)33-25-16-26(38-3)28(22-12-10-18(2)34-27(22)25)39-19-11-13-23(31)24(32)15-19/h4-5,8-13,15-17,33H,6-7,14H2,1-3H3. The fourth-order valence-corrected chi connectivity index (χ4v) is 4.99. The minimum absolute atomic E-state index is 0.0252. The fraction of sp³-hybridized carbons (Fsp3) is 0.233. The second-order valence-electron chi connectivity index (χ2n) is 9.48. The smallest absolute Gasteiger partial charge is 0.261 e. The van der Waals surface area contributed by atoms with E-state index in [1.165, 1.54) is 4.90 Å². The van der Waals surface area contributed by atoms with Crippen LogP contribution in [0.2, 0.25) is 10.0 Å². The summed E-state index contributed by atoms with van der Waals surface area (Å²) in [5, 5.41) is 5.13. The van der Waals surface area contributed by atoms with Gasteiger partial charge in [-0.2, -0.15) is 0 Å². The molecule has 2 amide bonds. The van der Waals surface area contributed by atoms with Gasteiger partial charge < -0.3 is 14.8 Å². The van der Waals surface area contributed by atoms with Gasteiger partial charge in [0, 0.05) is 35.8 Å². The van der Waals surface area contributed by atoms with Gasteiger partial charge in [0.05, 0.1) is 39.5 Å². The van der Waals surface area contributed by atoms with Crippen LogP contribution >= 0.6 is 23.2 Å². The lowest BCUT2D eigenvalue weighted by atomic mass is 10.1. The molecule has 1 aromatic heterocycles. The van der Waals surface area contributed by atoms with E-state index >= 15 is 0 Å². The first-order chi connectivity index (χ1) is 18.8. The van der Waals surface area contributed by atoms with Crippen LogP contribution in [-0.2, 0) is 0 Å². The number of rotatable bonds is 9. The molecule has 1 unspecified atom stereocenters. The zero-order valence-electron chi connectivity index (χ0n) is 21.8. The maximum absolute atomic E-state index is 12.7. The highest BCUT2D eigenvalue weighted by atomic mass is 35.5. The number of hydrogen-bond acceptors (Lipinski definition) is 6. The Balaban J connectivity index is 1.34. The maximum Gasteiger partial charge on any atom is 0.261 e. The monoisotopic (exact) mass is 563 g/mol. The lowest BCUT2D eigenvalue weighted by molar-refractivity contribution is 0.0651. The second kappa shape index (κ2) is 11.1. The van der Waals surface area contributed by atoms with E-state index in [0.29, 0.717) is 51.4 Å². The van der Waals surface area contributed by atoms with Gasteiger partial charge in [0.15, 0.2) is 11.5 Å². The van der Waals surface area contributed by atoms with Gasteiger partial charge in [-0.3, -0.25) is 19.5 Å². The average molecular weight is 564 g/mol. The summed E-state index contributed by atoms with van der Waals surface area (Å²) in [5.41, 5.74) is 3.32. The minimum Gasteiger partial charge on any atom is -0.493 e. The number of halogens is 2. The van der Waals surface area contributed by atoms with Crippen LogP contribution in [0, 0.1) is 6.92 Å². The number of carbonyl (C=O) groups excluding carboxylic acids is 2. The SMILES string of the molecule is COc1cc(NC(C)CCCN2C(=O)c3ccccc3C2=O)c2nc(C)ccc2c1Oc1ccc(Cl)c(Cl)c1. The van der Waals surface area contributed by atoms with Gasteiger partial charge in [-0.25, -0.2) is 0 Å². The quantitative estimate of drug-likeness (QED) is 0.212. The summed E-state index contributed by atoms with van der Waals surface area (Å²) in [7, 11) is 1.58. The first-order valence-corrected chi connectivity index (χ1v) is 13.4. The summed E-state index contributed by atoms with van der Waals surface area (Å²) < 4.78 is 11.9. The number of benzene rings is 3. The number of aromatic nitrogens is 1. The summed E-state index contributed by atoms with van der Waals surface area (Å²) >= 11 is 12.3. The van der Waals surface area contributed by atoms with Gasteiger partial charge in [0.2, 0.25) is 0 Å². The van der Waals surface area contributed by atoms with Crippen LogP contribution in [0.4, 0.5) is 5.69 Å². The molecule has 5 rings (SSSR count). The van der Waals surface area contributed by atoms with Crippen LogP contribution in [-0.4, -0.2) is 41.4 Å². The molecule has 3 aromatic carbocycles. The predicted octanol–water partition coefficient (Wildman–Crippen LogP) is 7.53. The topological polar surface area (TPSA) is 80.8 Å². The summed E-state index contributed by atoms with van der Waals surface area (Å²) in [4.78, 5) is 31.4. The summed E-state index contributed by atoms with van der Waals surface area (Å²) in [6.45, 7) is 4.34. The van der Waals surface area contributed by atoms with E-state index in [0.717, 1.165) is 28.7 Å². The van der Waals surface area contributed by atoms with Crippen molar-refractivity contribution in [2.45, 2.75) is 32.7 Å². The Morgan fingerprint density at radius 1 is 0.974 bits per heavy atom. The van der Waals surface area contributed by atoms with Crippen molar-refractivity contribution < 1.29 is 19.1 Å². The third-order valence-corrected chi connectivity index (χ3v) is 7.40. The molecule has 1 aliphatic heterocycles. The number of methoxy groups -OCH3 is 1. The van der Waals surface area contributed by atoms with E-state index in [2.05, 4.69) is 12.2 Å². The summed E-state index contributed by atoms with van der Waals surface area (Å²) in [5.74, 6) is 1.10. The van der Waals surface area contributed by atoms with Crippen molar-refractivity contribution in [3.05, 3.63) is 87.5 Å². The van der Waals surface area contributed by atoms with E-state index < -0.39 is 0 Å². The van der Waals surface area contributed by atoms with Crippen molar-refractivity contribution in [1.82, 2.24) is 9.88 Å². The van der Waals surface area contributed by atoms with E-state index in [4.69, 9.17) is 37.7 Å². The summed E-state index contributed by atoms with van der Waals surface area (Å²) in [6, 6.07) is 17.8. The Bertz CT molecular complexity index is 1560. The van der Waals surface area contributed by atoms with Crippen molar-refractivity contribution in [2.75, 3.05) is 19.0 Å². The highest BCUT2D eigenvalue weighted by Crippen LogP contribution is 2.43. The van der Waals surface area contributed by atoms with Gasteiger partial charge in [-0.15, -0.1) is 0 Å². The molecule has 4 aromatic rings. The number of fused-ring (bicyclic) bond motifs is 2. The van der Waals surface area contributed by atoms with Crippen LogP contribution in [0.15, 0.2) is 60.7 Å². The number of amides is 2. The largest absolute Gasteiger partial charge is 0.493 e. The number of carbonyl (C=O) groups is 2. The molecule has 0 spiro atoms. The number of imide groups is 1. The number of aryl methyl sites for hydroxylation is 1. The number of anilines is 1. The average Bonchev–Trinajstić information content (AvgIpc) is 3.16. The molecule has 0 fully saturated rings. The molecule has 0 saturated carbocycles. The van der Waals surface area contributed by atoms with Gasteiger partial charge in [0.1, 0.15) is 5.75 Å². The Labute approximate surface area is 236 Å². The van der Waals surface area contributed by atoms with Gasteiger partial charge >= 0.3 is 0 Å². The van der Waals surface area contributed by atoms with Crippen LogP contribution < -0.4 is 14.8 Å². The van der Waals surface area contributed by atoms with Gasteiger partial charge in [-0.05, 0) is 63.1 Å². The Hall–Kier alpha value is -3.81. The molecule has 200 valence electrons. The number of nitrogens with one attached hydrogen (secondary N) is 1. The molecule has 7 nitrogen and oxygen atoms in total. The molecule has 0 radical (unpaired) electrons. The molecule has 0 saturated heterocycles. The fourth-order valence-electron chi connectivity index (χ4n) is 4.70. The molecule has 1 N–H and O–H groups in total. The second-order valence-corrected chi connectivity index (χ2v) is 10.3. The summed E-state index contributed by atoms with van der Waals surface area (Å²) in [6.07, 6.45) is 1.38. The highest BCUT2D eigenvalue weighted by molar-refractivity contribution is 6.42. The molecule has 2 heterocycles. The number of ether oxygens (including phenoxy) is 2. The lowest BCUT2D eigenvalue weighted by Crippen LogP contribution is -2.31. The van der Waals surface area contributed by atoms with E-state index in [-0.39, 0.29) is 17.9 Å². The van der Waals surface area contributed by atoms with Gasteiger partial charge in [-0.1, -0.05) is 35.3 Å². The Kier molecular flexibility index (Phi) is 7.64. The predicted molar refractivity (Wildman–Crippen MR) is 154 cm³/mol. The minimum atomic E-state index is -0.232. The van der Waals surface area contributed by atoms with Crippen molar-refractivity contribution in [2.24, 2.45) is 0 Å². The van der Waals surface area contributed by atoms with E-state index in [9.17, 15) is 9.59 Å². The number of nitrogens with zero attached hydrogens (tertiary/aromatic N) is 2. The number of hydrogen-bond donors (Lipinski definition) is 1. The molecule has 39 heavy (non-hydrogen) atoms. The van der Waals surface area contributed by atoms with Crippen LogP contribution in [0.1, 0.15) is 46.2 Å². The zero-order chi connectivity index (χ0) is 27.7. The molecule has 9 heteroatoms. The van der Waals surface area contributed by atoms with E-state index in [1.54, 1.807) is 49.6 Å². The molecule has 1 aliphatic rings. The number of pyridine rings is 1. The molecular formula is C30H27Cl2N3O4. The third kappa shape index (κ3) is 5.37. The molecule has 0 bridgehead atoms. The van der Waals surface area contributed by atoms with Crippen LogP contribution in [0.5, 0.6) is 17.2 Å². The van der Waals surface area contributed by atoms with Gasteiger partial charge in [0.25, 0.3) is 11.8 Å². The molecule has 1 atom stereocenters. The normalized spacial score (nSPS) is 13.5. The Morgan fingerprint density at radius 2 is 1.69 bits per heavy atom. The van der Waals surface area contributed by atoms with Crippen molar-refractivity contribution in [3.8, 4) is 17.2 Å². The first-order valence-electron chi connectivity index (χ1n) is 12.6. The first kappa shape index (κ1) is 26.8. The zero-order valence-corrected chi connectivity index (χ0v) is 23.3. The van der Waals surface area contributed by atoms with E-state index in [1.807, 2.05) is 25.1 Å². The molecular weight excluding hydrogens is 537 g/mol. The third-order valence-electron chi connectivity index (χ3n) is 6.66. The Morgan fingerprint density at radius 3 is 2.36 bits per heavy atom.